The van der Waals surface area contributed by atoms with Crippen LogP contribution in [0.25, 0.3) is 11.0 Å². The number of benzene rings is 3. The Morgan fingerprint density at radius 2 is 1.70 bits per heavy atom. The maximum absolute atomic E-state index is 13.5. The van der Waals surface area contributed by atoms with Gasteiger partial charge in [-0.15, -0.1) is 0 Å². The van der Waals surface area contributed by atoms with Crippen molar-refractivity contribution >= 4 is 28.5 Å². The Labute approximate surface area is 178 Å². The number of aryl methyl sites for hydroxylation is 1. The monoisotopic (exact) mass is 415 g/mol. The lowest BCUT2D eigenvalue weighted by atomic mass is 9.98. The highest BCUT2D eigenvalue weighted by Crippen LogP contribution is 2.39. The van der Waals surface area contributed by atoms with E-state index < -0.39 is 6.04 Å². The van der Waals surface area contributed by atoms with Gasteiger partial charge >= 0.3 is 0 Å². The highest BCUT2D eigenvalue weighted by molar-refractivity contribution is 6.30. The van der Waals surface area contributed by atoms with Gasteiger partial charge in [-0.1, -0.05) is 65.7 Å². The third-order valence-corrected chi connectivity index (χ3v) is 5.75. The van der Waals surface area contributed by atoms with Crippen LogP contribution < -0.4 is 5.43 Å². The Morgan fingerprint density at radius 3 is 2.43 bits per heavy atom. The molecule has 4 aromatic rings. The molecule has 0 saturated heterocycles. The van der Waals surface area contributed by atoms with Gasteiger partial charge in [0.1, 0.15) is 5.58 Å². The fourth-order valence-electron chi connectivity index (χ4n) is 4.07. The smallest absolute Gasteiger partial charge is 0.291 e. The molecule has 1 aliphatic rings. The van der Waals surface area contributed by atoms with Crippen molar-refractivity contribution in [3.8, 4) is 0 Å². The molecule has 0 N–H and O–H groups in total. The van der Waals surface area contributed by atoms with Crippen molar-refractivity contribution in [2.45, 2.75) is 19.5 Å². The third kappa shape index (κ3) is 3.01. The minimum atomic E-state index is -0.536. The van der Waals surface area contributed by atoms with Crippen molar-refractivity contribution < 1.29 is 9.21 Å². The van der Waals surface area contributed by atoms with Crippen LogP contribution in [0.1, 0.15) is 38.9 Å². The Bertz CT molecular complexity index is 1330. The molecule has 1 atom stereocenters. The first-order valence-electron chi connectivity index (χ1n) is 9.70. The van der Waals surface area contributed by atoms with Crippen molar-refractivity contribution in [3.63, 3.8) is 0 Å². The molecule has 1 aliphatic heterocycles. The Hall–Kier alpha value is -3.37. The lowest BCUT2D eigenvalue weighted by Gasteiger charge is -2.25. The summed E-state index contributed by atoms with van der Waals surface area (Å²) in [4.78, 5) is 28.6. The van der Waals surface area contributed by atoms with Gasteiger partial charge in [0.25, 0.3) is 5.91 Å². The van der Waals surface area contributed by atoms with Crippen molar-refractivity contribution in [1.82, 2.24) is 4.90 Å². The maximum atomic E-state index is 13.5. The van der Waals surface area contributed by atoms with Gasteiger partial charge in [-0.3, -0.25) is 9.59 Å². The predicted molar refractivity (Wildman–Crippen MR) is 117 cm³/mol. The fraction of sp³-hybridized carbons (Fsp3) is 0.120. The van der Waals surface area contributed by atoms with E-state index in [1.54, 1.807) is 23.1 Å². The van der Waals surface area contributed by atoms with E-state index >= 15 is 0 Å². The van der Waals surface area contributed by atoms with Gasteiger partial charge < -0.3 is 9.32 Å². The minimum absolute atomic E-state index is 0.118. The molecule has 3 aromatic carbocycles. The van der Waals surface area contributed by atoms with Gasteiger partial charge in [-0.05, 0) is 42.3 Å². The number of carbonyl (C=O) groups is 1. The zero-order valence-electron chi connectivity index (χ0n) is 16.3. The van der Waals surface area contributed by atoms with Crippen LogP contribution in [-0.4, -0.2) is 10.8 Å². The van der Waals surface area contributed by atoms with Crippen molar-refractivity contribution in [2.75, 3.05) is 0 Å². The maximum Gasteiger partial charge on any atom is 0.291 e. The molecule has 1 aromatic heterocycles. The number of rotatable bonds is 3. The minimum Gasteiger partial charge on any atom is -0.450 e. The molecule has 5 heteroatoms. The number of amides is 1. The molecular weight excluding hydrogens is 398 g/mol. The molecule has 5 rings (SSSR count). The van der Waals surface area contributed by atoms with Crippen LogP contribution in [0, 0.1) is 6.92 Å². The van der Waals surface area contributed by atoms with Gasteiger partial charge in [0.05, 0.1) is 17.0 Å². The van der Waals surface area contributed by atoms with Crippen LogP contribution >= 0.6 is 11.6 Å². The van der Waals surface area contributed by atoms with E-state index in [1.165, 1.54) is 0 Å². The van der Waals surface area contributed by atoms with Gasteiger partial charge in [0, 0.05) is 11.6 Å². The van der Waals surface area contributed by atoms with Crippen LogP contribution in [0.5, 0.6) is 0 Å². The van der Waals surface area contributed by atoms with Crippen molar-refractivity contribution in [1.29, 1.82) is 0 Å². The van der Waals surface area contributed by atoms with Gasteiger partial charge in [-0.25, -0.2) is 0 Å². The van der Waals surface area contributed by atoms with Crippen molar-refractivity contribution in [2.24, 2.45) is 0 Å². The number of nitrogens with zero attached hydrogens (tertiary/aromatic N) is 1. The first-order chi connectivity index (χ1) is 14.5. The number of hydrogen-bond donors (Lipinski definition) is 0. The second-order valence-corrected chi connectivity index (χ2v) is 7.98. The van der Waals surface area contributed by atoms with E-state index in [0.29, 0.717) is 28.1 Å². The van der Waals surface area contributed by atoms with Gasteiger partial charge in [0.15, 0.2) is 5.43 Å². The predicted octanol–water partition coefficient (Wildman–Crippen LogP) is 5.50. The molecule has 0 saturated carbocycles. The number of carbonyl (C=O) groups excluding carboxylic acids is 1. The van der Waals surface area contributed by atoms with E-state index in [-0.39, 0.29) is 17.1 Å². The summed E-state index contributed by atoms with van der Waals surface area (Å²) in [5.74, 6) is -0.166. The lowest BCUT2D eigenvalue weighted by molar-refractivity contribution is 0.0714. The highest BCUT2D eigenvalue weighted by Gasteiger charge is 2.42. The Balaban J connectivity index is 1.74. The average molecular weight is 416 g/mol. The van der Waals surface area contributed by atoms with E-state index in [9.17, 15) is 9.59 Å². The molecule has 0 bridgehead atoms. The quantitative estimate of drug-likeness (QED) is 0.444. The normalized spacial score (nSPS) is 15.6. The van der Waals surface area contributed by atoms with Crippen LogP contribution in [0.3, 0.4) is 0 Å². The zero-order chi connectivity index (χ0) is 20.8. The number of hydrogen-bond acceptors (Lipinski definition) is 3. The summed E-state index contributed by atoms with van der Waals surface area (Å²) >= 11 is 6.08. The van der Waals surface area contributed by atoms with Crippen molar-refractivity contribution in [3.05, 3.63) is 116 Å². The lowest BCUT2D eigenvalue weighted by Crippen LogP contribution is -2.29. The van der Waals surface area contributed by atoms with Crippen LogP contribution in [0.15, 0.2) is 82.0 Å². The standard InChI is InChI=1S/C25H18ClNO3/c1-15-7-12-20-19(13-15)23(28)21-22(17-8-10-18(26)11-9-17)27(25(29)24(21)30-20)14-16-5-3-2-4-6-16/h2-13,22H,14H2,1H3. The molecule has 4 nitrogen and oxygen atoms in total. The largest absolute Gasteiger partial charge is 0.450 e. The summed E-state index contributed by atoms with van der Waals surface area (Å²) in [5.41, 5.74) is 3.40. The average Bonchev–Trinajstić information content (AvgIpc) is 3.02. The zero-order valence-corrected chi connectivity index (χ0v) is 17.0. The molecule has 0 radical (unpaired) electrons. The Kier molecular flexibility index (Phi) is 4.44. The molecule has 1 amide bonds. The van der Waals surface area contributed by atoms with Crippen LogP contribution in [-0.2, 0) is 6.54 Å². The van der Waals surface area contributed by atoms with Crippen LogP contribution in [0.2, 0.25) is 5.02 Å². The summed E-state index contributed by atoms with van der Waals surface area (Å²) in [5, 5.41) is 1.08. The fourth-order valence-corrected chi connectivity index (χ4v) is 4.20. The molecular formula is C25H18ClNO3. The molecule has 2 heterocycles. The second-order valence-electron chi connectivity index (χ2n) is 7.55. The van der Waals surface area contributed by atoms with E-state index in [1.807, 2.05) is 61.5 Å². The van der Waals surface area contributed by atoms with Gasteiger partial charge in [0.2, 0.25) is 5.76 Å². The number of fused-ring (bicyclic) bond motifs is 2. The van der Waals surface area contributed by atoms with Gasteiger partial charge in [-0.2, -0.15) is 0 Å². The molecule has 30 heavy (non-hydrogen) atoms. The van der Waals surface area contributed by atoms with Crippen LogP contribution in [0.4, 0.5) is 0 Å². The number of halogens is 1. The summed E-state index contributed by atoms with van der Waals surface area (Å²) in [6, 6.07) is 21.9. The van der Waals surface area contributed by atoms with E-state index in [4.69, 9.17) is 16.0 Å². The summed E-state index contributed by atoms with van der Waals surface area (Å²) in [6.07, 6.45) is 0. The summed E-state index contributed by atoms with van der Waals surface area (Å²) < 4.78 is 5.98. The highest BCUT2D eigenvalue weighted by atomic mass is 35.5. The first-order valence-corrected chi connectivity index (χ1v) is 10.1. The Morgan fingerprint density at radius 1 is 0.967 bits per heavy atom. The first kappa shape index (κ1) is 18.6. The SMILES string of the molecule is Cc1ccc2oc3c(c(=O)c2c1)C(c1ccc(Cl)cc1)N(Cc1ccccc1)C3=O. The second kappa shape index (κ2) is 7.15. The molecule has 0 aliphatic carbocycles. The molecule has 148 valence electrons. The third-order valence-electron chi connectivity index (χ3n) is 5.50. The molecule has 1 unspecified atom stereocenters. The van der Waals surface area contributed by atoms with E-state index in [0.717, 1.165) is 16.7 Å². The topological polar surface area (TPSA) is 50.5 Å². The summed E-state index contributed by atoms with van der Waals surface area (Å²) in [7, 11) is 0. The van der Waals surface area contributed by atoms with E-state index in [2.05, 4.69) is 0 Å². The molecule has 0 spiro atoms. The summed E-state index contributed by atoms with van der Waals surface area (Å²) in [6.45, 7) is 2.29. The molecule has 0 fully saturated rings.